The highest BCUT2D eigenvalue weighted by molar-refractivity contribution is 6.00. The Morgan fingerprint density at radius 3 is 2.94 bits per heavy atom. The quantitative estimate of drug-likeness (QED) is 0.396. The van der Waals surface area contributed by atoms with E-state index in [9.17, 15) is 4.79 Å². The average molecular weight is 465 g/mol. The summed E-state index contributed by atoms with van der Waals surface area (Å²) in [5.74, 6) is 0.110. The third kappa shape index (κ3) is 4.10. The van der Waals surface area contributed by atoms with Crippen LogP contribution in [0.4, 0.5) is 10.2 Å². The summed E-state index contributed by atoms with van der Waals surface area (Å²) >= 11 is 0. The minimum atomic E-state index is -0.550. The summed E-state index contributed by atoms with van der Waals surface area (Å²) in [5.41, 5.74) is 8.54. The molecule has 4 aromatic rings. The predicted octanol–water partition coefficient (Wildman–Crippen LogP) is 2.74. The maximum absolute atomic E-state index is 15.0. The first kappa shape index (κ1) is 22.0. The number of nitrogens with two attached hydrogens (primary N) is 1. The van der Waals surface area contributed by atoms with Gasteiger partial charge in [-0.2, -0.15) is 10.1 Å². The number of halogens is 1. The Hall–Kier alpha value is -3.86. The Morgan fingerprint density at radius 1 is 1.38 bits per heavy atom. The van der Waals surface area contributed by atoms with Crippen molar-refractivity contribution in [2.75, 3.05) is 18.0 Å². The van der Waals surface area contributed by atoms with Crippen LogP contribution in [0.2, 0.25) is 0 Å². The Kier molecular flexibility index (Phi) is 5.70. The molecular formula is C23H25FN8O2. The summed E-state index contributed by atoms with van der Waals surface area (Å²) in [6, 6.07) is 6.86. The summed E-state index contributed by atoms with van der Waals surface area (Å²) in [4.78, 5) is 22.8. The number of benzene rings is 1. The van der Waals surface area contributed by atoms with Crippen LogP contribution in [0, 0.1) is 5.82 Å². The topological polar surface area (TPSA) is 139 Å². The largest absolute Gasteiger partial charge is 0.353 e. The van der Waals surface area contributed by atoms with Crippen molar-refractivity contribution in [3.05, 3.63) is 53.6 Å². The number of nitrogens with one attached hydrogen (secondary N) is 2. The van der Waals surface area contributed by atoms with E-state index < -0.39 is 11.7 Å². The highest BCUT2D eigenvalue weighted by Gasteiger charge is 2.25. The second-order valence-corrected chi connectivity index (χ2v) is 8.73. The zero-order chi connectivity index (χ0) is 23.8. The third-order valence-corrected chi connectivity index (χ3v) is 5.92. The molecule has 34 heavy (non-hydrogen) atoms. The predicted molar refractivity (Wildman–Crippen MR) is 124 cm³/mol. The summed E-state index contributed by atoms with van der Waals surface area (Å²) in [5, 5.41) is 14.6. The number of hydrogen-bond acceptors (Lipinski definition) is 8. The number of pyridine rings is 1. The van der Waals surface area contributed by atoms with Gasteiger partial charge in [-0.3, -0.25) is 9.89 Å². The van der Waals surface area contributed by atoms with Gasteiger partial charge in [0.05, 0.1) is 5.39 Å². The van der Waals surface area contributed by atoms with E-state index in [0.717, 1.165) is 29.7 Å². The van der Waals surface area contributed by atoms with Crippen molar-refractivity contribution < 1.29 is 13.7 Å². The molecule has 5 rings (SSSR count). The fraction of sp³-hybridized carbons (Fsp3) is 0.348. The van der Waals surface area contributed by atoms with E-state index in [-0.39, 0.29) is 24.4 Å². The molecule has 0 aliphatic carbocycles. The summed E-state index contributed by atoms with van der Waals surface area (Å²) in [6.45, 7) is 5.29. The number of H-pyrrole nitrogens is 1. The molecule has 1 aliphatic heterocycles. The van der Waals surface area contributed by atoms with Crippen LogP contribution in [0.3, 0.4) is 0 Å². The van der Waals surface area contributed by atoms with E-state index in [0.29, 0.717) is 29.1 Å². The Labute approximate surface area is 194 Å². The van der Waals surface area contributed by atoms with Crippen LogP contribution in [0.5, 0.6) is 0 Å². The molecule has 0 radical (unpaired) electrons. The molecule has 1 saturated heterocycles. The van der Waals surface area contributed by atoms with Crippen LogP contribution in [-0.4, -0.2) is 50.4 Å². The molecule has 1 fully saturated rings. The van der Waals surface area contributed by atoms with Gasteiger partial charge in [0.25, 0.3) is 0 Å². The van der Waals surface area contributed by atoms with Crippen LogP contribution >= 0.6 is 0 Å². The van der Waals surface area contributed by atoms with E-state index in [1.807, 2.05) is 26.0 Å². The lowest BCUT2D eigenvalue weighted by Crippen LogP contribution is -2.26. The SMILES string of the molecule is CC(C)c1noc(C(=O)NCc2ccc(-c3ccnc4[nH]nc(N5CCC(N)C5)c34)cc2F)n1. The van der Waals surface area contributed by atoms with E-state index in [1.165, 1.54) is 6.07 Å². The molecule has 1 amide bonds. The highest BCUT2D eigenvalue weighted by atomic mass is 19.1. The van der Waals surface area contributed by atoms with Crippen molar-refractivity contribution in [3.8, 4) is 11.1 Å². The van der Waals surface area contributed by atoms with Crippen LogP contribution < -0.4 is 16.0 Å². The molecule has 10 nitrogen and oxygen atoms in total. The van der Waals surface area contributed by atoms with Crippen molar-refractivity contribution in [2.45, 2.75) is 38.8 Å². The minimum Gasteiger partial charge on any atom is -0.353 e. The number of amides is 1. The molecule has 1 unspecified atom stereocenters. The van der Waals surface area contributed by atoms with E-state index in [4.69, 9.17) is 10.3 Å². The van der Waals surface area contributed by atoms with Crippen LogP contribution in [-0.2, 0) is 6.54 Å². The zero-order valence-electron chi connectivity index (χ0n) is 18.9. The Balaban J connectivity index is 1.37. The van der Waals surface area contributed by atoms with Gasteiger partial charge in [-0.25, -0.2) is 9.37 Å². The molecule has 0 spiro atoms. The lowest BCUT2D eigenvalue weighted by Gasteiger charge is -2.16. The molecule has 0 saturated carbocycles. The van der Waals surface area contributed by atoms with E-state index in [2.05, 4.69) is 35.5 Å². The average Bonchev–Trinajstić information content (AvgIpc) is 3.57. The molecule has 4 heterocycles. The Morgan fingerprint density at radius 2 is 2.24 bits per heavy atom. The van der Waals surface area contributed by atoms with Crippen LogP contribution in [0.15, 0.2) is 35.0 Å². The summed E-state index contributed by atoms with van der Waals surface area (Å²) in [6.07, 6.45) is 2.55. The van der Waals surface area contributed by atoms with Crippen LogP contribution in [0.25, 0.3) is 22.2 Å². The van der Waals surface area contributed by atoms with Crippen molar-refractivity contribution in [3.63, 3.8) is 0 Å². The number of fused-ring (bicyclic) bond motifs is 1. The summed E-state index contributed by atoms with van der Waals surface area (Å²) in [7, 11) is 0. The van der Waals surface area contributed by atoms with Gasteiger partial charge in [0.2, 0.25) is 0 Å². The van der Waals surface area contributed by atoms with Gasteiger partial charge < -0.3 is 20.5 Å². The van der Waals surface area contributed by atoms with Gasteiger partial charge in [0, 0.05) is 43.4 Å². The number of aromatic amines is 1. The molecule has 3 aromatic heterocycles. The normalized spacial score (nSPS) is 16.0. The minimum absolute atomic E-state index is 0.0152. The molecule has 4 N–H and O–H groups in total. The second-order valence-electron chi connectivity index (χ2n) is 8.73. The maximum atomic E-state index is 15.0. The Bertz CT molecular complexity index is 1350. The maximum Gasteiger partial charge on any atom is 0.315 e. The molecular weight excluding hydrogens is 439 g/mol. The zero-order valence-corrected chi connectivity index (χ0v) is 18.9. The van der Waals surface area contributed by atoms with Gasteiger partial charge in [0.1, 0.15) is 5.82 Å². The van der Waals surface area contributed by atoms with Crippen molar-refractivity contribution in [1.29, 1.82) is 0 Å². The van der Waals surface area contributed by atoms with E-state index in [1.54, 1.807) is 12.3 Å². The summed E-state index contributed by atoms with van der Waals surface area (Å²) < 4.78 is 20.0. The van der Waals surface area contributed by atoms with Gasteiger partial charge >= 0.3 is 11.8 Å². The first-order chi connectivity index (χ1) is 16.4. The number of aromatic nitrogens is 5. The smallest absolute Gasteiger partial charge is 0.315 e. The fourth-order valence-electron chi connectivity index (χ4n) is 4.05. The van der Waals surface area contributed by atoms with Crippen molar-refractivity contribution >= 4 is 22.8 Å². The lowest BCUT2D eigenvalue weighted by atomic mass is 10.0. The van der Waals surface area contributed by atoms with Crippen molar-refractivity contribution in [2.24, 2.45) is 5.73 Å². The first-order valence-electron chi connectivity index (χ1n) is 11.1. The molecule has 1 aliphatic rings. The van der Waals surface area contributed by atoms with Gasteiger partial charge in [0.15, 0.2) is 17.3 Å². The van der Waals surface area contributed by atoms with Crippen molar-refractivity contribution in [1.82, 2.24) is 30.6 Å². The molecule has 1 aromatic carbocycles. The lowest BCUT2D eigenvalue weighted by molar-refractivity contribution is 0.0906. The standard InChI is InChI=1S/C23H25FN8O2/c1-12(2)19-28-23(34-31-19)22(33)27-10-14-4-3-13(9-17(14)24)16-5-7-26-20-18(16)21(30-29-20)32-8-6-15(25)11-32/h3-5,7,9,12,15H,6,8,10-11,25H2,1-2H3,(H,27,33)(H,26,29,30). The van der Waals surface area contributed by atoms with Gasteiger partial charge in [-0.1, -0.05) is 31.1 Å². The molecule has 1 atom stereocenters. The third-order valence-electron chi connectivity index (χ3n) is 5.92. The number of rotatable bonds is 6. The van der Waals surface area contributed by atoms with Gasteiger partial charge in [-0.15, -0.1) is 0 Å². The molecule has 176 valence electrons. The highest BCUT2D eigenvalue weighted by Crippen LogP contribution is 2.35. The second kappa shape index (κ2) is 8.82. The van der Waals surface area contributed by atoms with Crippen LogP contribution in [0.1, 0.15) is 48.3 Å². The number of carbonyl (C=O) groups excluding carboxylic acids is 1. The number of anilines is 1. The van der Waals surface area contributed by atoms with E-state index >= 15 is 4.39 Å². The number of carbonyl (C=O) groups is 1. The number of nitrogens with zero attached hydrogens (tertiary/aromatic N) is 5. The van der Waals surface area contributed by atoms with Gasteiger partial charge in [-0.05, 0) is 29.7 Å². The first-order valence-corrected chi connectivity index (χ1v) is 11.1. The fourth-order valence-corrected chi connectivity index (χ4v) is 4.05. The molecule has 11 heteroatoms. The number of hydrogen-bond donors (Lipinski definition) is 3. The molecule has 0 bridgehead atoms. The monoisotopic (exact) mass is 464 g/mol.